The molecule has 11 heteroatoms. The maximum Gasteiger partial charge on any atom is 0.311 e. The first-order valence-corrected chi connectivity index (χ1v) is 15.1. The Kier molecular flexibility index (Phi) is 12.6. The lowest BCUT2D eigenvalue weighted by Gasteiger charge is -2.46. The molecule has 41 heavy (non-hydrogen) atoms. The molecule has 0 aromatic heterocycles. The molecular weight excluding hydrogens is 532 g/mol. The summed E-state index contributed by atoms with van der Waals surface area (Å²) in [6.45, 7) is 14.2. The number of esters is 1. The summed E-state index contributed by atoms with van der Waals surface area (Å²) in [5.41, 5.74) is -3.25. The summed E-state index contributed by atoms with van der Waals surface area (Å²) in [6.07, 6.45) is -5.74. The summed E-state index contributed by atoms with van der Waals surface area (Å²) in [5.74, 6) is -2.65. The van der Waals surface area contributed by atoms with Crippen LogP contribution in [0, 0.1) is 17.8 Å². The van der Waals surface area contributed by atoms with Gasteiger partial charge < -0.3 is 49.5 Å². The van der Waals surface area contributed by atoms with Gasteiger partial charge in [-0.05, 0) is 80.9 Å². The van der Waals surface area contributed by atoms with Crippen LogP contribution in [-0.4, -0.2) is 135 Å². The van der Waals surface area contributed by atoms with E-state index in [4.69, 9.17) is 14.2 Å². The van der Waals surface area contributed by atoms with Crippen LogP contribution in [0.4, 0.5) is 0 Å². The predicted molar refractivity (Wildman–Crippen MR) is 155 cm³/mol. The minimum atomic E-state index is -1.75. The summed E-state index contributed by atoms with van der Waals surface area (Å²) in [6, 6.07) is -0.733. The molecule has 0 bridgehead atoms. The van der Waals surface area contributed by atoms with Crippen molar-refractivity contribution in [2.45, 2.75) is 141 Å². The Bertz CT molecular complexity index is 841. The van der Waals surface area contributed by atoms with Crippen LogP contribution >= 0.6 is 0 Å². The highest BCUT2D eigenvalue weighted by molar-refractivity contribution is 5.73. The number of likely N-dealkylation sites (N-methyl/N-ethyl adjacent to an activating group) is 2. The number of rotatable bonds is 4. The Morgan fingerprint density at radius 3 is 2.17 bits per heavy atom. The summed E-state index contributed by atoms with van der Waals surface area (Å²) in [4.78, 5) is 17.1. The maximum absolute atomic E-state index is 13.3. The van der Waals surface area contributed by atoms with Gasteiger partial charge in [-0.25, -0.2) is 0 Å². The van der Waals surface area contributed by atoms with E-state index in [0.29, 0.717) is 13.0 Å². The van der Waals surface area contributed by atoms with E-state index in [2.05, 4.69) is 0 Å². The van der Waals surface area contributed by atoms with Gasteiger partial charge in [0.05, 0.1) is 29.8 Å². The fourth-order valence-electron chi connectivity index (χ4n) is 6.74. The molecule has 2 aliphatic rings. The number of carbonyl (C=O) groups excluding carboxylic acids is 1. The standard InChI is InChI=1S/C30H58N2O9/c1-12-22-30(8,38)25(35)20(6)32(11)15-16(2)14-29(7,37)26(18(4)23(33)19(5)27(36)40-22)41-28-24(34)21(31(9)10)13-17(3)39-28/h16-26,28,33-35,37-38H,12-15H2,1-11H3/t16-,17+,18+,19-,20-,21-,22-,23+,24-,25-,26-,28+,29-,30-/m1/s1. The van der Waals surface area contributed by atoms with Crippen molar-refractivity contribution in [1.82, 2.24) is 9.80 Å². The number of cyclic esters (lactones) is 1. The van der Waals surface area contributed by atoms with Crippen molar-refractivity contribution in [3.63, 3.8) is 0 Å². The van der Waals surface area contributed by atoms with Crippen molar-refractivity contribution in [1.29, 1.82) is 0 Å². The molecule has 0 aliphatic carbocycles. The minimum absolute atomic E-state index is 0.0990. The summed E-state index contributed by atoms with van der Waals surface area (Å²) < 4.78 is 18.1. The van der Waals surface area contributed by atoms with E-state index in [1.165, 1.54) is 13.8 Å². The van der Waals surface area contributed by atoms with E-state index in [1.54, 1.807) is 27.7 Å². The third-order valence-corrected chi connectivity index (χ3v) is 9.46. The van der Waals surface area contributed by atoms with Crippen molar-refractivity contribution in [3.8, 4) is 0 Å². The zero-order chi connectivity index (χ0) is 31.6. The first kappa shape index (κ1) is 36.3. The predicted octanol–water partition coefficient (Wildman–Crippen LogP) is 0.976. The number of hydrogen-bond acceptors (Lipinski definition) is 11. The molecular formula is C30H58N2O9. The molecule has 2 fully saturated rings. The van der Waals surface area contributed by atoms with Gasteiger partial charge in [0.1, 0.15) is 23.9 Å². The van der Waals surface area contributed by atoms with E-state index in [0.717, 1.165) is 0 Å². The molecule has 0 unspecified atom stereocenters. The molecule has 11 nitrogen and oxygen atoms in total. The van der Waals surface area contributed by atoms with Gasteiger partial charge in [0, 0.05) is 24.5 Å². The summed E-state index contributed by atoms with van der Waals surface area (Å²) in [7, 11) is 5.58. The molecule has 2 rings (SSSR count). The number of aliphatic hydroxyl groups is 5. The molecule has 2 aliphatic heterocycles. The highest BCUT2D eigenvalue weighted by Crippen LogP contribution is 2.36. The zero-order valence-electron chi connectivity index (χ0n) is 27.0. The lowest BCUT2D eigenvalue weighted by molar-refractivity contribution is -0.299. The van der Waals surface area contributed by atoms with Crippen LogP contribution in [0.3, 0.4) is 0 Å². The molecule has 242 valence electrons. The average Bonchev–Trinajstić information content (AvgIpc) is 2.87. The van der Waals surface area contributed by atoms with Gasteiger partial charge in [0.25, 0.3) is 0 Å². The van der Waals surface area contributed by atoms with Gasteiger partial charge in [0.15, 0.2) is 6.29 Å². The molecule has 0 aromatic rings. The molecule has 0 amide bonds. The van der Waals surface area contributed by atoms with E-state index in [1.807, 2.05) is 44.8 Å². The maximum atomic E-state index is 13.3. The van der Waals surface area contributed by atoms with E-state index in [9.17, 15) is 30.3 Å². The molecule has 0 saturated carbocycles. The molecule has 0 aromatic carbocycles. The van der Waals surface area contributed by atoms with Crippen LogP contribution in [0.15, 0.2) is 0 Å². The summed E-state index contributed by atoms with van der Waals surface area (Å²) >= 11 is 0. The number of hydrogen-bond donors (Lipinski definition) is 5. The summed E-state index contributed by atoms with van der Waals surface area (Å²) in [5, 5.41) is 57.0. The number of carbonyl (C=O) groups is 1. The molecule has 0 radical (unpaired) electrons. The number of ether oxygens (including phenoxy) is 3. The van der Waals surface area contributed by atoms with Crippen LogP contribution < -0.4 is 0 Å². The Hall–Kier alpha value is -0.890. The molecule has 2 heterocycles. The van der Waals surface area contributed by atoms with Crippen molar-refractivity contribution >= 4 is 5.97 Å². The molecule has 0 spiro atoms. The van der Waals surface area contributed by atoms with Gasteiger partial charge in [-0.1, -0.05) is 20.8 Å². The zero-order valence-corrected chi connectivity index (χ0v) is 27.0. The monoisotopic (exact) mass is 590 g/mol. The lowest BCUT2D eigenvalue weighted by atomic mass is 9.78. The van der Waals surface area contributed by atoms with Crippen LogP contribution in [0.5, 0.6) is 0 Å². The topological polar surface area (TPSA) is 152 Å². The average molecular weight is 591 g/mol. The SMILES string of the molecule is CC[C@H]1OC(=O)[C@H](C)[C@@H](O)[C@H](C)[C@@H](O[C@@H]2O[C@@H](C)C[C@@H](N(C)C)[C@H]2O)[C@](C)(O)C[C@@H](C)CN(C)[C@H](C)[C@@H](O)[C@]1(C)O. The Morgan fingerprint density at radius 1 is 1.05 bits per heavy atom. The Balaban J connectivity index is 2.52. The quantitative estimate of drug-likeness (QED) is 0.298. The van der Waals surface area contributed by atoms with Crippen LogP contribution in [0.25, 0.3) is 0 Å². The third-order valence-electron chi connectivity index (χ3n) is 9.46. The fourth-order valence-corrected chi connectivity index (χ4v) is 6.74. The van der Waals surface area contributed by atoms with Gasteiger partial charge in [-0.15, -0.1) is 0 Å². The van der Waals surface area contributed by atoms with Crippen molar-refractivity contribution in [2.24, 2.45) is 17.8 Å². The number of nitrogens with zero attached hydrogens (tertiary/aromatic N) is 2. The van der Waals surface area contributed by atoms with Crippen molar-refractivity contribution in [2.75, 3.05) is 27.7 Å². The van der Waals surface area contributed by atoms with Gasteiger partial charge in [0.2, 0.25) is 0 Å². The van der Waals surface area contributed by atoms with Gasteiger partial charge in [-0.2, -0.15) is 0 Å². The first-order chi connectivity index (χ1) is 18.8. The second kappa shape index (κ2) is 14.3. The minimum Gasteiger partial charge on any atom is -0.459 e. The largest absolute Gasteiger partial charge is 0.459 e. The Morgan fingerprint density at radius 2 is 1.63 bits per heavy atom. The van der Waals surface area contributed by atoms with Crippen molar-refractivity contribution in [3.05, 3.63) is 0 Å². The first-order valence-electron chi connectivity index (χ1n) is 15.1. The van der Waals surface area contributed by atoms with E-state index >= 15 is 0 Å². The highest BCUT2D eigenvalue weighted by atomic mass is 16.7. The molecule has 2 saturated heterocycles. The lowest BCUT2D eigenvalue weighted by Crippen LogP contribution is -2.59. The van der Waals surface area contributed by atoms with Gasteiger partial charge >= 0.3 is 5.97 Å². The van der Waals surface area contributed by atoms with E-state index in [-0.39, 0.29) is 30.9 Å². The Labute approximate surface area is 246 Å². The van der Waals surface area contributed by atoms with Gasteiger partial charge in [-0.3, -0.25) is 4.79 Å². The molecule has 5 N–H and O–H groups in total. The van der Waals surface area contributed by atoms with E-state index < -0.39 is 71.9 Å². The van der Waals surface area contributed by atoms with Crippen LogP contribution in [0.1, 0.15) is 74.7 Å². The highest BCUT2D eigenvalue weighted by Gasteiger charge is 2.49. The third kappa shape index (κ3) is 8.39. The molecule has 14 atom stereocenters. The normalized spacial score (nSPS) is 48.4. The second-order valence-corrected chi connectivity index (χ2v) is 13.6. The van der Waals surface area contributed by atoms with Crippen molar-refractivity contribution < 1.29 is 44.5 Å². The second-order valence-electron chi connectivity index (χ2n) is 13.6. The van der Waals surface area contributed by atoms with Crippen LogP contribution in [0.2, 0.25) is 0 Å². The fraction of sp³-hybridized carbons (Fsp3) is 0.967. The smallest absolute Gasteiger partial charge is 0.311 e. The van der Waals surface area contributed by atoms with Crippen LogP contribution in [-0.2, 0) is 19.0 Å². The number of aliphatic hydroxyl groups excluding tert-OH is 3.